The summed E-state index contributed by atoms with van der Waals surface area (Å²) in [6.45, 7) is 16.9. The maximum absolute atomic E-state index is 9.09. The molecule has 194 valence electrons. The molecule has 0 fully saturated rings. The summed E-state index contributed by atoms with van der Waals surface area (Å²) in [5.74, 6) is 2.83. The van der Waals surface area contributed by atoms with Crippen molar-refractivity contribution in [3.63, 3.8) is 0 Å². The largest absolute Gasteiger partial charge is 1.00 e. The van der Waals surface area contributed by atoms with Gasteiger partial charge in [0.25, 0.3) is 0 Å². The van der Waals surface area contributed by atoms with Crippen molar-refractivity contribution in [3.8, 4) is 11.5 Å². The zero-order valence-electron chi connectivity index (χ0n) is 22.9. The molecule has 8 nitrogen and oxygen atoms in total. The van der Waals surface area contributed by atoms with Gasteiger partial charge in [0, 0.05) is 31.4 Å². The number of benzene rings is 2. The van der Waals surface area contributed by atoms with Crippen molar-refractivity contribution >= 4 is 20.2 Å². The zero-order valence-corrected chi connectivity index (χ0v) is 28.6. The van der Waals surface area contributed by atoms with Crippen molar-refractivity contribution in [1.82, 2.24) is 0 Å². The van der Waals surface area contributed by atoms with Gasteiger partial charge in [0.2, 0.25) is 0 Å². The molecule has 0 heterocycles. The Morgan fingerprint density at radius 3 is 1.06 bits per heavy atom. The number of hydrogen-bond acceptors (Lipinski definition) is 8. The van der Waals surface area contributed by atoms with Crippen molar-refractivity contribution in [2.75, 3.05) is 0 Å². The van der Waals surface area contributed by atoms with Crippen LogP contribution >= 0.6 is 0 Å². The van der Waals surface area contributed by atoms with Crippen LogP contribution < -0.4 is 68.9 Å². The van der Waals surface area contributed by atoms with Crippen LogP contribution in [0.5, 0.6) is 11.5 Å². The van der Waals surface area contributed by atoms with E-state index in [0.29, 0.717) is 35.2 Å². The van der Waals surface area contributed by atoms with Crippen LogP contribution in [0.25, 0.3) is 0 Å². The van der Waals surface area contributed by atoms with Crippen LogP contribution in [0.15, 0.2) is 36.4 Å². The van der Waals surface area contributed by atoms with Gasteiger partial charge in [-0.25, -0.2) is 10.5 Å². The predicted molar refractivity (Wildman–Crippen MR) is 134 cm³/mol. The number of hydrogen-bond donors (Lipinski definition) is 2. The van der Waals surface area contributed by atoms with E-state index in [1.807, 2.05) is 24.3 Å². The van der Waals surface area contributed by atoms with Gasteiger partial charge in [-0.05, 0) is 46.9 Å². The van der Waals surface area contributed by atoms with Crippen LogP contribution in [-0.4, -0.2) is 28.0 Å². The van der Waals surface area contributed by atoms with Crippen molar-refractivity contribution in [2.45, 2.75) is 79.1 Å². The van der Waals surface area contributed by atoms with E-state index in [0.717, 1.165) is 11.1 Å². The van der Waals surface area contributed by atoms with E-state index in [-0.39, 0.29) is 59.1 Å². The van der Waals surface area contributed by atoms with E-state index in [9.17, 15) is 0 Å². The average molecular weight is 563 g/mol. The molecule has 0 aromatic heterocycles. The van der Waals surface area contributed by atoms with Crippen molar-refractivity contribution in [1.29, 1.82) is 0 Å². The Bertz CT molecular complexity index is 863. The van der Waals surface area contributed by atoms with Gasteiger partial charge in [0.15, 0.2) is 11.5 Å². The first-order valence-corrected chi connectivity index (χ1v) is 13.5. The fraction of sp³-hybridized carbons (Fsp3) is 0.500. The first-order chi connectivity index (χ1) is 15.8. The van der Waals surface area contributed by atoms with E-state index in [1.165, 1.54) is 11.1 Å². The summed E-state index contributed by atoms with van der Waals surface area (Å²) in [5, 5.41) is 17.4. The second kappa shape index (κ2) is 21.1. The molecular formula is C24H36Na2O8S2. The van der Waals surface area contributed by atoms with Crippen LogP contribution in [0.3, 0.4) is 0 Å². The molecule has 0 saturated heterocycles. The SMILES string of the molecule is CC(C)c1ccc(OO)c(C(C)C)c1.CC(C)c1ccc(OO)c(C(C)C)c1.O=S([O-])S(=O)[O-].[Na+].[Na+]. The fourth-order valence-corrected chi connectivity index (χ4v) is 2.92. The Labute approximate surface area is 264 Å². The first kappa shape index (κ1) is 40.7. The molecular weight excluding hydrogens is 526 g/mol. The van der Waals surface area contributed by atoms with Gasteiger partial charge in [0.05, 0.1) is 0 Å². The van der Waals surface area contributed by atoms with Gasteiger partial charge in [-0.1, -0.05) is 79.7 Å². The molecule has 36 heavy (non-hydrogen) atoms. The molecule has 0 saturated carbocycles. The van der Waals surface area contributed by atoms with Crippen LogP contribution in [0.2, 0.25) is 0 Å². The molecule has 0 bridgehead atoms. The Hall–Kier alpha value is 0.180. The fourth-order valence-electron chi connectivity index (χ4n) is 2.92. The summed E-state index contributed by atoms with van der Waals surface area (Å²) in [6, 6.07) is 11.8. The van der Waals surface area contributed by atoms with Crippen molar-refractivity contribution in [2.24, 2.45) is 0 Å². The Kier molecular flexibility index (Phi) is 23.8. The molecule has 0 aliphatic heterocycles. The number of rotatable bonds is 7. The minimum atomic E-state index is -2.95. The smallest absolute Gasteiger partial charge is 0.763 e. The molecule has 0 aliphatic rings. The normalized spacial score (nSPS) is 11.9. The second-order valence-electron chi connectivity index (χ2n) is 8.80. The van der Waals surface area contributed by atoms with Crippen LogP contribution in [-0.2, 0) is 20.2 Å². The van der Waals surface area contributed by atoms with Gasteiger partial charge >= 0.3 is 59.1 Å². The minimum absolute atomic E-state index is 0. The van der Waals surface area contributed by atoms with E-state index in [2.05, 4.69) is 77.3 Å². The molecule has 0 spiro atoms. The third-order valence-electron chi connectivity index (χ3n) is 4.95. The van der Waals surface area contributed by atoms with Gasteiger partial charge in [0.1, 0.15) is 0 Å². The van der Waals surface area contributed by atoms with Gasteiger partial charge < -0.3 is 18.9 Å². The molecule has 0 aliphatic carbocycles. The van der Waals surface area contributed by atoms with Gasteiger partial charge in [-0.15, -0.1) is 0 Å². The average Bonchev–Trinajstić information content (AvgIpc) is 2.78. The summed E-state index contributed by atoms with van der Waals surface area (Å²) in [4.78, 5) is 8.68. The molecule has 2 unspecified atom stereocenters. The standard InChI is InChI=1S/2C12H18O2.2Na.H2O4S2/c2*1-8(2)10-5-6-12(14-13)11(7-10)9(3)4;;;1-5(2)6(3)4/h2*5-9,13H,1-4H3;;;(H,1,2)(H,3,4)/q;;2*+1;/p-2. The molecule has 2 rings (SSSR count). The molecule has 2 aromatic carbocycles. The van der Waals surface area contributed by atoms with Crippen LogP contribution in [0.1, 0.15) is 101 Å². The summed E-state index contributed by atoms with van der Waals surface area (Å²) in [7, 11) is -5.90. The minimum Gasteiger partial charge on any atom is -0.763 e. The molecule has 2 N–H and O–H groups in total. The Balaban J connectivity index is -0.000000475. The van der Waals surface area contributed by atoms with Crippen LogP contribution in [0, 0.1) is 0 Å². The summed E-state index contributed by atoms with van der Waals surface area (Å²) >= 11 is 0. The van der Waals surface area contributed by atoms with Gasteiger partial charge in [-0.3, -0.25) is 8.42 Å². The van der Waals surface area contributed by atoms with Gasteiger partial charge in [-0.2, -0.15) is 0 Å². The van der Waals surface area contributed by atoms with Crippen molar-refractivity contribution in [3.05, 3.63) is 58.7 Å². The summed E-state index contributed by atoms with van der Waals surface area (Å²) < 4.78 is 36.3. The van der Waals surface area contributed by atoms with Crippen LogP contribution in [0.4, 0.5) is 0 Å². The third-order valence-corrected chi connectivity index (χ3v) is 5.84. The topological polar surface area (TPSA) is 139 Å². The quantitative estimate of drug-likeness (QED) is 0.161. The first-order valence-electron chi connectivity index (χ1n) is 10.9. The monoisotopic (exact) mass is 562 g/mol. The van der Waals surface area contributed by atoms with E-state index in [1.54, 1.807) is 0 Å². The molecule has 2 aromatic rings. The molecule has 2 atom stereocenters. The second-order valence-corrected chi connectivity index (χ2v) is 11.3. The van der Waals surface area contributed by atoms with E-state index in [4.69, 9.17) is 28.0 Å². The maximum Gasteiger partial charge on any atom is 1.00 e. The van der Waals surface area contributed by atoms with E-state index >= 15 is 0 Å². The van der Waals surface area contributed by atoms with Crippen molar-refractivity contribution < 1.29 is 96.9 Å². The zero-order chi connectivity index (χ0) is 26.6. The third kappa shape index (κ3) is 14.9. The molecule has 0 amide bonds. The van der Waals surface area contributed by atoms with E-state index < -0.39 is 20.2 Å². The Morgan fingerprint density at radius 2 is 0.889 bits per heavy atom. The maximum atomic E-state index is 9.09. The predicted octanol–water partition coefficient (Wildman–Crippen LogP) is 0.238. The molecule has 0 radical (unpaired) electrons. The summed E-state index contributed by atoms with van der Waals surface area (Å²) in [5.41, 5.74) is 4.65. The Morgan fingerprint density at radius 1 is 0.611 bits per heavy atom. The summed E-state index contributed by atoms with van der Waals surface area (Å²) in [6.07, 6.45) is 0. The molecule has 12 heteroatoms.